The van der Waals surface area contributed by atoms with Gasteiger partial charge in [0, 0.05) is 60.3 Å². The molecule has 2 aliphatic rings. The normalized spacial score (nSPS) is 21.7. The number of nitrogens with one attached hydrogen (secondary N) is 1. The number of urea groups is 1. The van der Waals surface area contributed by atoms with Crippen LogP contribution < -0.4 is 5.32 Å². The van der Waals surface area contributed by atoms with Crippen molar-refractivity contribution in [2.45, 2.75) is 37.8 Å². The highest BCUT2D eigenvalue weighted by atomic mass is 16.3. The van der Waals surface area contributed by atoms with E-state index in [2.05, 4.69) is 39.2 Å². The monoisotopic (exact) mass is 480 g/mol. The summed E-state index contributed by atoms with van der Waals surface area (Å²) in [4.78, 5) is 21.6. The van der Waals surface area contributed by atoms with Crippen molar-refractivity contribution in [2.24, 2.45) is 0 Å². The number of fused-ring (bicyclic) bond motifs is 1. The van der Waals surface area contributed by atoms with Gasteiger partial charge in [-0.3, -0.25) is 9.88 Å². The van der Waals surface area contributed by atoms with E-state index in [0.717, 1.165) is 48.3 Å². The molecule has 6 nitrogen and oxygen atoms in total. The van der Waals surface area contributed by atoms with Crippen molar-refractivity contribution in [3.63, 3.8) is 0 Å². The highest BCUT2D eigenvalue weighted by molar-refractivity contribution is 5.89. The number of hydrogen-bond donors (Lipinski definition) is 2. The quantitative estimate of drug-likeness (QED) is 0.550. The summed E-state index contributed by atoms with van der Waals surface area (Å²) < 4.78 is 0. The second-order valence-electron chi connectivity index (χ2n) is 9.64. The van der Waals surface area contributed by atoms with Gasteiger partial charge in [-0.15, -0.1) is 0 Å². The van der Waals surface area contributed by atoms with Crippen LogP contribution in [0.2, 0.25) is 0 Å². The van der Waals surface area contributed by atoms with Crippen LogP contribution in [0.5, 0.6) is 0 Å². The van der Waals surface area contributed by atoms with Gasteiger partial charge in [-0.2, -0.15) is 0 Å². The number of amides is 2. The first kappa shape index (κ1) is 24.1. The number of aryl methyl sites for hydroxylation is 1. The van der Waals surface area contributed by atoms with Crippen molar-refractivity contribution < 1.29 is 9.90 Å². The maximum atomic E-state index is 13.1. The van der Waals surface area contributed by atoms with Gasteiger partial charge < -0.3 is 15.3 Å². The standard InChI is InChI=1S/C30H32N4O2/c1-22-6-14-26(15-7-22)32-30(36)33-17-2-3-18-34-27(20-33)29(28(34)21-35)25-12-10-23(11-13-25)8-9-24-5-4-16-31-19-24/h4-7,10-16,19,27-29,35H,2-3,17-18,20-21H2,1H3,(H,32,36)/t27-,28+,29+/m0/s1. The zero-order valence-electron chi connectivity index (χ0n) is 20.6. The van der Waals surface area contributed by atoms with Crippen LogP contribution in [0, 0.1) is 18.8 Å². The molecule has 2 fully saturated rings. The zero-order chi connectivity index (χ0) is 24.9. The van der Waals surface area contributed by atoms with Crippen molar-refractivity contribution in [1.29, 1.82) is 0 Å². The number of carbonyl (C=O) groups excluding carboxylic acids is 1. The predicted molar refractivity (Wildman–Crippen MR) is 142 cm³/mol. The summed E-state index contributed by atoms with van der Waals surface area (Å²) in [5.41, 5.74) is 4.98. The lowest BCUT2D eigenvalue weighted by atomic mass is 9.74. The number of aliphatic hydroxyl groups excluding tert-OH is 1. The van der Waals surface area contributed by atoms with E-state index in [0.29, 0.717) is 6.54 Å². The van der Waals surface area contributed by atoms with Crippen molar-refractivity contribution in [2.75, 3.05) is 31.6 Å². The molecule has 2 aliphatic heterocycles. The van der Waals surface area contributed by atoms with E-state index < -0.39 is 0 Å². The molecule has 184 valence electrons. The summed E-state index contributed by atoms with van der Waals surface area (Å²) in [6.45, 7) is 4.48. The third-order valence-corrected chi connectivity index (χ3v) is 7.27. The van der Waals surface area contributed by atoms with Gasteiger partial charge in [0.05, 0.1) is 6.61 Å². The van der Waals surface area contributed by atoms with Crippen LogP contribution >= 0.6 is 0 Å². The fourth-order valence-corrected chi connectivity index (χ4v) is 5.33. The topological polar surface area (TPSA) is 68.7 Å². The fourth-order valence-electron chi connectivity index (χ4n) is 5.33. The lowest BCUT2D eigenvalue weighted by molar-refractivity contribution is -0.0585. The lowest BCUT2D eigenvalue weighted by Crippen LogP contribution is -2.68. The first-order chi connectivity index (χ1) is 17.6. The Morgan fingerprint density at radius 2 is 1.78 bits per heavy atom. The first-order valence-electron chi connectivity index (χ1n) is 12.6. The molecule has 3 heterocycles. The van der Waals surface area contributed by atoms with Gasteiger partial charge >= 0.3 is 6.03 Å². The number of nitrogens with zero attached hydrogens (tertiary/aromatic N) is 3. The van der Waals surface area contributed by atoms with Crippen molar-refractivity contribution in [3.05, 3.63) is 95.3 Å². The summed E-state index contributed by atoms with van der Waals surface area (Å²) in [7, 11) is 0. The second-order valence-corrected chi connectivity index (χ2v) is 9.64. The molecule has 6 heteroatoms. The van der Waals surface area contributed by atoms with E-state index in [1.807, 2.05) is 60.4 Å². The van der Waals surface area contributed by atoms with E-state index in [4.69, 9.17) is 0 Å². The summed E-state index contributed by atoms with van der Waals surface area (Å²) in [5, 5.41) is 13.3. The van der Waals surface area contributed by atoms with Gasteiger partial charge in [-0.1, -0.05) is 41.7 Å². The molecule has 2 saturated heterocycles. The SMILES string of the molecule is Cc1ccc(NC(=O)N2CCCCN3[C@H](CO)[C@H](c4ccc(C#Cc5cccnc5)cc4)[C@@H]3C2)cc1. The minimum absolute atomic E-state index is 0.0621. The van der Waals surface area contributed by atoms with Crippen LogP contribution in [0.15, 0.2) is 73.1 Å². The van der Waals surface area contributed by atoms with E-state index in [1.165, 1.54) is 5.56 Å². The van der Waals surface area contributed by atoms with Crippen LogP contribution in [0.1, 0.15) is 41.0 Å². The van der Waals surface area contributed by atoms with E-state index in [-0.39, 0.29) is 30.6 Å². The summed E-state index contributed by atoms with van der Waals surface area (Å²) >= 11 is 0. The van der Waals surface area contributed by atoms with E-state index in [9.17, 15) is 9.90 Å². The highest BCUT2D eigenvalue weighted by Gasteiger charge is 2.49. The maximum absolute atomic E-state index is 13.1. The number of pyridine rings is 1. The number of aromatic nitrogens is 1. The summed E-state index contributed by atoms with van der Waals surface area (Å²) in [6.07, 6.45) is 5.46. The Bertz CT molecular complexity index is 1230. The third kappa shape index (κ3) is 5.28. The average molecular weight is 481 g/mol. The van der Waals surface area contributed by atoms with Gasteiger partial charge in [0.15, 0.2) is 0 Å². The number of hydrogen-bond acceptors (Lipinski definition) is 4. The number of anilines is 1. The lowest BCUT2D eigenvalue weighted by Gasteiger charge is -2.57. The zero-order valence-corrected chi connectivity index (χ0v) is 20.6. The Hall–Kier alpha value is -3.66. The largest absolute Gasteiger partial charge is 0.395 e. The molecule has 0 saturated carbocycles. The van der Waals surface area contributed by atoms with Crippen molar-refractivity contribution in [1.82, 2.24) is 14.8 Å². The van der Waals surface area contributed by atoms with E-state index in [1.54, 1.807) is 12.4 Å². The molecule has 2 aromatic carbocycles. The molecular weight excluding hydrogens is 448 g/mol. The molecule has 1 aromatic heterocycles. The van der Waals surface area contributed by atoms with Crippen LogP contribution in [0.3, 0.4) is 0 Å². The number of carbonyl (C=O) groups is 1. The molecular formula is C30H32N4O2. The van der Waals surface area contributed by atoms with Gasteiger partial charge in [0.2, 0.25) is 0 Å². The maximum Gasteiger partial charge on any atom is 0.321 e. The van der Waals surface area contributed by atoms with Crippen molar-refractivity contribution >= 4 is 11.7 Å². The van der Waals surface area contributed by atoms with Gasteiger partial charge in [0.1, 0.15) is 0 Å². The number of rotatable bonds is 3. The molecule has 5 rings (SSSR count). The van der Waals surface area contributed by atoms with Gasteiger partial charge in [-0.05, 0) is 68.3 Å². The second kappa shape index (κ2) is 10.9. The Kier molecular flexibility index (Phi) is 7.31. The van der Waals surface area contributed by atoms with Crippen molar-refractivity contribution in [3.8, 4) is 11.8 Å². The molecule has 0 aliphatic carbocycles. The first-order valence-corrected chi connectivity index (χ1v) is 12.6. The Labute approximate surface area is 213 Å². The van der Waals surface area contributed by atoms with Crippen LogP contribution in [-0.4, -0.2) is 64.2 Å². The third-order valence-electron chi connectivity index (χ3n) is 7.27. The summed E-state index contributed by atoms with van der Waals surface area (Å²) in [6, 6.07) is 20.2. The highest BCUT2D eigenvalue weighted by Crippen LogP contribution is 2.42. The predicted octanol–water partition coefficient (Wildman–Crippen LogP) is 4.25. The molecule has 3 atom stereocenters. The van der Waals surface area contributed by atoms with Crippen LogP contribution in [0.25, 0.3) is 0 Å². The fraction of sp³-hybridized carbons (Fsp3) is 0.333. The molecule has 0 spiro atoms. The molecule has 2 amide bonds. The average Bonchev–Trinajstić information content (AvgIpc) is 2.89. The number of aliphatic hydroxyl groups is 1. The Balaban J connectivity index is 1.31. The smallest absolute Gasteiger partial charge is 0.321 e. The minimum Gasteiger partial charge on any atom is -0.395 e. The summed E-state index contributed by atoms with van der Waals surface area (Å²) in [5.74, 6) is 6.52. The molecule has 3 aromatic rings. The van der Waals surface area contributed by atoms with Gasteiger partial charge in [0.25, 0.3) is 0 Å². The Morgan fingerprint density at radius 3 is 2.50 bits per heavy atom. The molecule has 2 N–H and O–H groups in total. The van der Waals surface area contributed by atoms with E-state index >= 15 is 0 Å². The van der Waals surface area contributed by atoms with Crippen LogP contribution in [-0.2, 0) is 0 Å². The number of benzene rings is 2. The molecule has 36 heavy (non-hydrogen) atoms. The molecule has 0 radical (unpaired) electrons. The van der Waals surface area contributed by atoms with Gasteiger partial charge in [-0.25, -0.2) is 4.79 Å². The minimum atomic E-state index is -0.0621. The molecule has 0 unspecified atom stereocenters. The van der Waals surface area contributed by atoms with Crippen LogP contribution in [0.4, 0.5) is 10.5 Å². The molecule has 0 bridgehead atoms. The Morgan fingerprint density at radius 1 is 1.03 bits per heavy atom.